The molecule has 0 bridgehead atoms. The van der Waals surface area contributed by atoms with Gasteiger partial charge in [-0.3, -0.25) is 9.59 Å². The van der Waals surface area contributed by atoms with Crippen LogP contribution in [0, 0.1) is 11.8 Å². The Bertz CT molecular complexity index is 248. The van der Waals surface area contributed by atoms with Gasteiger partial charge in [0.15, 0.2) is 0 Å². The lowest BCUT2D eigenvalue weighted by atomic mass is 9.88. The normalized spacial score (nSPS) is 24.9. The first kappa shape index (κ1) is 13.2. The van der Waals surface area contributed by atoms with E-state index in [9.17, 15) is 9.59 Å². The maximum absolute atomic E-state index is 11.6. The Kier molecular flexibility index (Phi) is 5.50. The van der Waals surface area contributed by atoms with Crippen LogP contribution >= 0.6 is 0 Å². The standard InChI is InChI=1S/C13H22O3/c1-2-3-4-5-6-11-10(9-13(15)16)7-8-12(11)14/h10-11H,2-9H2,1H3,(H,15,16). The molecule has 0 amide bonds. The fraction of sp³-hybridized carbons (Fsp3) is 0.846. The van der Waals surface area contributed by atoms with Crippen molar-refractivity contribution in [3.8, 4) is 0 Å². The second-order valence-corrected chi connectivity index (χ2v) is 4.82. The third kappa shape index (κ3) is 3.95. The number of Topliss-reactive ketones (excluding diaryl/α,β-unsaturated/α-hetero) is 1. The summed E-state index contributed by atoms with van der Waals surface area (Å²) in [6.45, 7) is 2.16. The monoisotopic (exact) mass is 226 g/mol. The number of unbranched alkanes of at least 4 members (excludes halogenated alkanes) is 3. The Labute approximate surface area is 97.2 Å². The van der Waals surface area contributed by atoms with E-state index in [0.717, 1.165) is 19.3 Å². The van der Waals surface area contributed by atoms with Gasteiger partial charge in [0, 0.05) is 18.8 Å². The molecule has 3 heteroatoms. The highest BCUT2D eigenvalue weighted by Crippen LogP contribution is 2.34. The van der Waals surface area contributed by atoms with Crippen molar-refractivity contribution in [3.63, 3.8) is 0 Å². The van der Waals surface area contributed by atoms with E-state index in [0.29, 0.717) is 12.2 Å². The number of carbonyl (C=O) groups is 2. The van der Waals surface area contributed by atoms with Gasteiger partial charge in [-0.2, -0.15) is 0 Å². The highest BCUT2D eigenvalue weighted by Gasteiger charge is 2.34. The smallest absolute Gasteiger partial charge is 0.303 e. The Morgan fingerprint density at radius 3 is 2.75 bits per heavy atom. The van der Waals surface area contributed by atoms with Gasteiger partial charge in [-0.15, -0.1) is 0 Å². The second kappa shape index (κ2) is 6.66. The van der Waals surface area contributed by atoms with Gasteiger partial charge in [0.25, 0.3) is 0 Å². The second-order valence-electron chi connectivity index (χ2n) is 4.82. The van der Waals surface area contributed by atoms with Crippen molar-refractivity contribution < 1.29 is 14.7 Å². The molecule has 1 rings (SSSR count). The van der Waals surface area contributed by atoms with Gasteiger partial charge in [0.05, 0.1) is 0 Å². The fourth-order valence-corrected chi connectivity index (χ4v) is 2.63. The van der Waals surface area contributed by atoms with Gasteiger partial charge in [-0.25, -0.2) is 0 Å². The third-order valence-electron chi connectivity index (χ3n) is 3.55. The van der Waals surface area contributed by atoms with Crippen molar-refractivity contribution >= 4 is 11.8 Å². The van der Waals surface area contributed by atoms with Gasteiger partial charge in [-0.1, -0.05) is 32.6 Å². The van der Waals surface area contributed by atoms with Crippen molar-refractivity contribution in [1.29, 1.82) is 0 Å². The molecule has 1 N–H and O–H groups in total. The number of carbonyl (C=O) groups excluding carboxylic acids is 1. The van der Waals surface area contributed by atoms with Crippen molar-refractivity contribution in [2.75, 3.05) is 0 Å². The topological polar surface area (TPSA) is 54.4 Å². The van der Waals surface area contributed by atoms with Gasteiger partial charge < -0.3 is 5.11 Å². The van der Waals surface area contributed by atoms with E-state index in [1.54, 1.807) is 0 Å². The zero-order valence-electron chi connectivity index (χ0n) is 10.1. The number of rotatable bonds is 7. The number of hydrogen-bond donors (Lipinski definition) is 1. The van der Waals surface area contributed by atoms with Crippen LogP contribution in [0.15, 0.2) is 0 Å². The molecule has 0 heterocycles. The number of carboxylic acids is 1. The average molecular weight is 226 g/mol. The number of aliphatic carboxylic acids is 1. The lowest BCUT2D eigenvalue weighted by Crippen LogP contribution is -2.17. The zero-order valence-corrected chi connectivity index (χ0v) is 10.1. The summed E-state index contributed by atoms with van der Waals surface area (Å²) in [5, 5.41) is 8.78. The van der Waals surface area contributed by atoms with E-state index >= 15 is 0 Å². The summed E-state index contributed by atoms with van der Waals surface area (Å²) in [4.78, 5) is 22.3. The molecule has 0 radical (unpaired) electrons. The maximum atomic E-state index is 11.6. The summed E-state index contributed by atoms with van der Waals surface area (Å²) >= 11 is 0. The Morgan fingerprint density at radius 1 is 1.38 bits per heavy atom. The van der Waals surface area contributed by atoms with E-state index in [4.69, 9.17) is 5.11 Å². The maximum Gasteiger partial charge on any atom is 0.303 e. The van der Waals surface area contributed by atoms with Crippen LogP contribution in [0.2, 0.25) is 0 Å². The minimum Gasteiger partial charge on any atom is -0.481 e. The van der Waals surface area contributed by atoms with Gasteiger partial charge in [0.1, 0.15) is 5.78 Å². The van der Waals surface area contributed by atoms with Gasteiger partial charge in [-0.05, 0) is 18.8 Å². The van der Waals surface area contributed by atoms with Gasteiger partial charge in [0.2, 0.25) is 0 Å². The molecule has 1 aliphatic carbocycles. The molecule has 0 aromatic rings. The summed E-state index contributed by atoms with van der Waals surface area (Å²) in [5.74, 6) is -0.333. The van der Waals surface area contributed by atoms with Crippen LogP contribution in [0.3, 0.4) is 0 Å². The van der Waals surface area contributed by atoms with E-state index < -0.39 is 5.97 Å². The zero-order chi connectivity index (χ0) is 12.0. The molecule has 1 aliphatic rings. The summed E-state index contributed by atoms with van der Waals surface area (Å²) in [6, 6.07) is 0. The Morgan fingerprint density at radius 2 is 2.12 bits per heavy atom. The largest absolute Gasteiger partial charge is 0.481 e. The van der Waals surface area contributed by atoms with Crippen LogP contribution in [-0.4, -0.2) is 16.9 Å². The predicted molar refractivity (Wildman–Crippen MR) is 62.2 cm³/mol. The molecule has 3 nitrogen and oxygen atoms in total. The summed E-state index contributed by atoms with van der Waals surface area (Å²) in [5.41, 5.74) is 0. The van der Waals surface area contributed by atoms with Crippen LogP contribution in [0.4, 0.5) is 0 Å². The first-order valence-corrected chi connectivity index (χ1v) is 6.39. The molecule has 0 aliphatic heterocycles. The summed E-state index contributed by atoms with van der Waals surface area (Å²) < 4.78 is 0. The molecule has 0 spiro atoms. The van der Waals surface area contributed by atoms with Crippen molar-refractivity contribution in [3.05, 3.63) is 0 Å². The number of ketones is 1. The van der Waals surface area contributed by atoms with Crippen LogP contribution in [0.5, 0.6) is 0 Å². The van der Waals surface area contributed by atoms with Crippen molar-refractivity contribution in [1.82, 2.24) is 0 Å². The van der Waals surface area contributed by atoms with Crippen LogP contribution < -0.4 is 0 Å². The molecule has 0 aromatic heterocycles. The van der Waals surface area contributed by atoms with Gasteiger partial charge >= 0.3 is 5.97 Å². The highest BCUT2D eigenvalue weighted by atomic mass is 16.4. The minimum absolute atomic E-state index is 0.0351. The molecule has 16 heavy (non-hydrogen) atoms. The molecule has 0 aromatic carbocycles. The average Bonchev–Trinajstić information content (AvgIpc) is 2.55. The fourth-order valence-electron chi connectivity index (χ4n) is 2.63. The van der Waals surface area contributed by atoms with E-state index in [2.05, 4.69) is 6.92 Å². The number of carboxylic acid groups (broad SMARTS) is 1. The lowest BCUT2D eigenvalue weighted by Gasteiger charge is -2.16. The van der Waals surface area contributed by atoms with Crippen LogP contribution in [0.25, 0.3) is 0 Å². The molecule has 1 saturated carbocycles. The Balaban J connectivity index is 2.34. The van der Waals surface area contributed by atoms with E-state index in [1.165, 1.54) is 19.3 Å². The summed E-state index contributed by atoms with van der Waals surface area (Å²) in [7, 11) is 0. The van der Waals surface area contributed by atoms with Crippen molar-refractivity contribution in [2.24, 2.45) is 11.8 Å². The minimum atomic E-state index is -0.766. The molecular formula is C13H22O3. The SMILES string of the molecule is CCCCCCC1C(=O)CCC1CC(=O)O. The third-order valence-corrected chi connectivity index (χ3v) is 3.55. The molecule has 2 atom stereocenters. The quantitative estimate of drug-likeness (QED) is 0.679. The predicted octanol–water partition coefficient (Wildman–Crippen LogP) is 3.03. The van der Waals surface area contributed by atoms with E-state index in [1.807, 2.05) is 0 Å². The highest BCUT2D eigenvalue weighted by molar-refractivity contribution is 5.84. The van der Waals surface area contributed by atoms with Crippen LogP contribution in [0.1, 0.15) is 58.3 Å². The first-order valence-electron chi connectivity index (χ1n) is 6.39. The molecule has 1 fully saturated rings. The lowest BCUT2D eigenvalue weighted by molar-refractivity contribution is -0.138. The molecular weight excluding hydrogens is 204 g/mol. The number of hydrogen-bond acceptors (Lipinski definition) is 2. The van der Waals surface area contributed by atoms with E-state index in [-0.39, 0.29) is 18.3 Å². The Hall–Kier alpha value is -0.860. The molecule has 92 valence electrons. The molecule has 0 saturated heterocycles. The molecule has 2 unspecified atom stereocenters. The summed E-state index contributed by atoms with van der Waals surface area (Å²) in [6.07, 6.45) is 7.09. The van der Waals surface area contributed by atoms with Crippen molar-refractivity contribution in [2.45, 2.75) is 58.3 Å². The first-order chi connectivity index (χ1) is 7.65. The van der Waals surface area contributed by atoms with Crippen LogP contribution in [-0.2, 0) is 9.59 Å².